The van der Waals surface area contributed by atoms with Crippen LogP contribution in [0.25, 0.3) is 22.1 Å². The minimum absolute atomic E-state index is 0. The van der Waals surface area contributed by atoms with Gasteiger partial charge in [0, 0.05) is 39.3 Å². The summed E-state index contributed by atoms with van der Waals surface area (Å²) in [7, 11) is 2.44. The van der Waals surface area contributed by atoms with E-state index in [4.69, 9.17) is 10.8 Å². The zero-order chi connectivity index (χ0) is 23.4. The first-order valence-electron chi connectivity index (χ1n) is 10.6. The van der Waals surface area contributed by atoms with Crippen LogP contribution in [0.4, 0.5) is 4.39 Å². The van der Waals surface area contributed by atoms with Gasteiger partial charge in [0.15, 0.2) is 0 Å². The van der Waals surface area contributed by atoms with Crippen molar-refractivity contribution in [2.45, 2.75) is 26.8 Å². The van der Waals surface area contributed by atoms with Gasteiger partial charge >= 0.3 is 0 Å². The summed E-state index contributed by atoms with van der Waals surface area (Å²) in [5.74, 6) is 0. The number of halogens is 2. The number of rotatable bonds is 7. The third kappa shape index (κ3) is 10.8. The van der Waals surface area contributed by atoms with Gasteiger partial charge in [-0.1, -0.05) is 47.6 Å². The number of alkyl halides is 2. The Balaban J connectivity index is 0.000000467. The largest absolute Gasteiger partial charge is 0.385 e. The first-order valence-corrected chi connectivity index (χ1v) is 11.0. The Labute approximate surface area is 200 Å². The quantitative estimate of drug-likeness (QED) is 0.234. The van der Waals surface area contributed by atoms with Crippen molar-refractivity contribution in [3.63, 3.8) is 0 Å². The summed E-state index contributed by atoms with van der Waals surface area (Å²) in [4.78, 5) is 11.4. The molecule has 0 aliphatic heterocycles. The van der Waals surface area contributed by atoms with E-state index in [2.05, 4.69) is 41.5 Å². The molecular formula is C24H36BrFN4O2. The van der Waals surface area contributed by atoms with Gasteiger partial charge in [0.05, 0.1) is 43.2 Å². The predicted octanol–water partition coefficient (Wildman–Crippen LogP) is 6.28. The SMILES string of the molecule is C.COCCCBr.COCCCn1cnc2ccccc21.[2H]CF.c1ccc2[nH]cnc2c1. The van der Waals surface area contributed by atoms with Crippen LogP contribution in [0.1, 0.15) is 21.6 Å². The van der Waals surface area contributed by atoms with Gasteiger partial charge in [-0.15, -0.1) is 0 Å². The van der Waals surface area contributed by atoms with Crippen LogP contribution in [0, 0.1) is 0 Å². The summed E-state index contributed by atoms with van der Waals surface area (Å²) in [6.07, 6.45) is 5.72. The second kappa shape index (κ2) is 19.4. The Morgan fingerprint density at radius 2 is 1.62 bits per heavy atom. The highest BCUT2D eigenvalue weighted by atomic mass is 79.9. The van der Waals surface area contributed by atoms with Crippen molar-refractivity contribution in [1.29, 1.82) is 0 Å². The molecule has 2 heterocycles. The lowest BCUT2D eigenvalue weighted by Crippen LogP contribution is -1.99. The number of hydrogen-bond acceptors (Lipinski definition) is 4. The summed E-state index contributed by atoms with van der Waals surface area (Å²) in [6, 6.07) is 16.1. The molecule has 0 atom stereocenters. The van der Waals surface area contributed by atoms with E-state index in [1.54, 1.807) is 20.5 Å². The summed E-state index contributed by atoms with van der Waals surface area (Å²) < 4.78 is 27.4. The third-order valence-electron chi connectivity index (χ3n) is 4.08. The minimum Gasteiger partial charge on any atom is -0.385 e. The fraction of sp³-hybridized carbons (Fsp3) is 0.417. The number of aromatic nitrogens is 4. The van der Waals surface area contributed by atoms with E-state index in [1.807, 2.05) is 48.8 Å². The number of methoxy groups -OCH3 is 2. The minimum atomic E-state index is -1.00. The molecule has 0 radical (unpaired) electrons. The number of H-pyrrole nitrogens is 1. The van der Waals surface area contributed by atoms with Gasteiger partial charge in [-0.05, 0) is 37.1 Å². The van der Waals surface area contributed by atoms with Crippen LogP contribution in [-0.2, 0) is 16.0 Å². The summed E-state index contributed by atoms with van der Waals surface area (Å²) in [5.41, 5.74) is 4.38. The van der Waals surface area contributed by atoms with Crippen LogP contribution in [0.3, 0.4) is 0 Å². The second-order valence-electron chi connectivity index (χ2n) is 6.23. The number of ether oxygens (including phenoxy) is 2. The predicted molar refractivity (Wildman–Crippen MR) is 136 cm³/mol. The van der Waals surface area contributed by atoms with E-state index in [0.717, 1.165) is 54.5 Å². The molecule has 8 heteroatoms. The number of fused-ring (bicyclic) bond motifs is 2. The van der Waals surface area contributed by atoms with Gasteiger partial charge in [-0.25, -0.2) is 9.97 Å². The number of hydrogen-bond donors (Lipinski definition) is 1. The smallest absolute Gasteiger partial charge is 0.0958 e. The first kappa shape index (κ1) is 27.7. The molecule has 2 aromatic heterocycles. The molecule has 0 aliphatic rings. The number of aryl methyl sites for hydroxylation is 1. The Bertz CT molecular complexity index is 933. The van der Waals surface area contributed by atoms with Gasteiger partial charge in [0.2, 0.25) is 0 Å². The standard InChI is InChI=1S/C11H14N2O.C7H6N2.C4H9BrO.CH3F.CH4/c1-14-8-4-7-13-9-12-10-5-2-3-6-11(10)13;1-2-4-7-6(3-1)8-5-9-7;1-6-4-2-3-5;1-2;/h2-3,5-6,9H,4,7-8H2,1H3;1-5H,(H,8,9);2-4H2,1H3;1H3;1H4/i;;;1D;. The fourth-order valence-electron chi connectivity index (χ4n) is 2.65. The second-order valence-corrected chi connectivity index (χ2v) is 7.02. The third-order valence-corrected chi connectivity index (χ3v) is 4.65. The van der Waals surface area contributed by atoms with Crippen molar-refractivity contribution in [2.75, 3.05) is 39.9 Å². The molecule has 0 saturated carbocycles. The van der Waals surface area contributed by atoms with Crippen LogP contribution in [0.5, 0.6) is 0 Å². The Morgan fingerprint density at radius 3 is 2.25 bits per heavy atom. The highest BCUT2D eigenvalue weighted by Gasteiger charge is 1.99. The van der Waals surface area contributed by atoms with Gasteiger partial charge in [-0.2, -0.15) is 0 Å². The number of imidazole rings is 2. The highest BCUT2D eigenvalue weighted by Crippen LogP contribution is 2.11. The average Bonchev–Trinajstić information content (AvgIpc) is 3.47. The maximum atomic E-state index is 9.96. The van der Waals surface area contributed by atoms with Crippen LogP contribution in [0.15, 0.2) is 61.2 Å². The number of nitrogens with zero attached hydrogens (tertiary/aromatic N) is 3. The van der Waals surface area contributed by atoms with E-state index in [0.29, 0.717) is 0 Å². The lowest BCUT2D eigenvalue weighted by Gasteiger charge is -2.02. The molecular weight excluding hydrogens is 475 g/mol. The molecule has 4 rings (SSSR count). The van der Waals surface area contributed by atoms with E-state index < -0.39 is 7.15 Å². The zero-order valence-electron chi connectivity index (χ0n) is 19.1. The Morgan fingerprint density at radius 1 is 1.00 bits per heavy atom. The number of benzene rings is 2. The molecule has 0 saturated heterocycles. The molecule has 0 unspecified atom stereocenters. The normalized spacial score (nSPS) is 9.94. The van der Waals surface area contributed by atoms with Crippen molar-refractivity contribution in [3.05, 3.63) is 61.2 Å². The van der Waals surface area contributed by atoms with Crippen molar-refractivity contribution in [3.8, 4) is 0 Å². The molecule has 0 bridgehead atoms. The molecule has 0 aliphatic carbocycles. The van der Waals surface area contributed by atoms with Gasteiger partial charge in [0.25, 0.3) is 0 Å². The molecule has 0 fully saturated rings. The molecule has 32 heavy (non-hydrogen) atoms. The monoisotopic (exact) mass is 511 g/mol. The number of para-hydroxylation sites is 4. The van der Waals surface area contributed by atoms with E-state index in [-0.39, 0.29) is 7.43 Å². The van der Waals surface area contributed by atoms with Crippen molar-refractivity contribution >= 4 is 38.0 Å². The number of nitrogens with one attached hydrogen (secondary N) is 1. The molecule has 1 N–H and O–H groups in total. The maximum absolute atomic E-state index is 9.96. The molecule has 0 spiro atoms. The van der Waals surface area contributed by atoms with Crippen LogP contribution < -0.4 is 0 Å². The summed E-state index contributed by atoms with van der Waals surface area (Å²) >= 11 is 3.27. The van der Waals surface area contributed by atoms with E-state index in [1.165, 1.54) is 5.52 Å². The van der Waals surface area contributed by atoms with E-state index in [9.17, 15) is 4.39 Å². The summed E-state index contributed by atoms with van der Waals surface area (Å²) in [5, 5.41) is 1.04. The van der Waals surface area contributed by atoms with Crippen LogP contribution >= 0.6 is 15.9 Å². The lowest BCUT2D eigenvalue weighted by atomic mass is 10.3. The molecule has 6 nitrogen and oxygen atoms in total. The van der Waals surface area contributed by atoms with Crippen molar-refractivity contribution < 1.29 is 15.2 Å². The van der Waals surface area contributed by atoms with Gasteiger partial charge < -0.3 is 19.0 Å². The molecule has 2 aromatic carbocycles. The van der Waals surface area contributed by atoms with Gasteiger partial charge in [-0.3, -0.25) is 4.39 Å². The fourth-order valence-corrected chi connectivity index (χ4v) is 2.88. The Kier molecular flexibility index (Phi) is 16.8. The van der Waals surface area contributed by atoms with Crippen LogP contribution in [0.2, 0.25) is 0 Å². The average molecular weight is 512 g/mol. The van der Waals surface area contributed by atoms with E-state index >= 15 is 0 Å². The highest BCUT2D eigenvalue weighted by molar-refractivity contribution is 9.09. The molecule has 4 aromatic rings. The zero-order valence-corrected chi connectivity index (χ0v) is 19.7. The van der Waals surface area contributed by atoms with Crippen molar-refractivity contribution in [1.82, 2.24) is 19.5 Å². The lowest BCUT2D eigenvalue weighted by molar-refractivity contribution is 0.190. The first-order chi connectivity index (χ1) is 15.7. The summed E-state index contributed by atoms with van der Waals surface area (Å²) in [6.45, 7) is 2.63. The number of aromatic amines is 1. The Hall–Kier alpha value is -2.29. The van der Waals surface area contributed by atoms with Crippen molar-refractivity contribution in [2.24, 2.45) is 0 Å². The maximum Gasteiger partial charge on any atom is 0.0958 e. The van der Waals surface area contributed by atoms with Crippen LogP contribution in [-0.4, -0.2) is 59.4 Å². The topological polar surface area (TPSA) is 65.0 Å². The van der Waals surface area contributed by atoms with Gasteiger partial charge in [0.1, 0.15) is 0 Å². The molecule has 0 amide bonds. The molecule has 178 valence electrons.